The predicted molar refractivity (Wildman–Crippen MR) is 120 cm³/mol. The van der Waals surface area contributed by atoms with E-state index in [1.807, 2.05) is 56.3 Å². The molecular formula is C24H19N5O3. The summed E-state index contributed by atoms with van der Waals surface area (Å²) in [5.74, 6) is 2.30. The molecule has 0 bridgehead atoms. The maximum absolute atomic E-state index is 13.3. The van der Waals surface area contributed by atoms with Gasteiger partial charge in [-0.05, 0) is 55.3 Å². The zero-order valence-corrected chi connectivity index (χ0v) is 17.6. The normalized spacial score (nSPS) is 13.1. The van der Waals surface area contributed by atoms with Crippen molar-refractivity contribution in [1.29, 1.82) is 0 Å². The van der Waals surface area contributed by atoms with Gasteiger partial charge in [0.1, 0.15) is 13.2 Å². The second kappa shape index (κ2) is 6.91. The summed E-state index contributed by atoms with van der Waals surface area (Å²) in [5, 5.41) is 5.11. The van der Waals surface area contributed by atoms with Gasteiger partial charge in [0.15, 0.2) is 17.3 Å². The van der Waals surface area contributed by atoms with Crippen molar-refractivity contribution in [3.8, 4) is 28.6 Å². The lowest BCUT2D eigenvalue weighted by Crippen LogP contribution is -2.19. The Kier molecular flexibility index (Phi) is 4.01. The molecule has 0 aliphatic carbocycles. The van der Waals surface area contributed by atoms with Gasteiger partial charge in [0, 0.05) is 18.0 Å². The first-order valence-electron chi connectivity index (χ1n) is 10.3. The fourth-order valence-corrected chi connectivity index (χ4v) is 4.01. The molecule has 1 aliphatic heterocycles. The molecule has 8 heteroatoms. The second-order valence-corrected chi connectivity index (χ2v) is 7.77. The number of aromatic nitrogens is 5. The molecule has 0 spiro atoms. The minimum atomic E-state index is -0.151. The van der Waals surface area contributed by atoms with Gasteiger partial charge in [-0.2, -0.15) is 9.50 Å². The Labute approximate surface area is 182 Å². The summed E-state index contributed by atoms with van der Waals surface area (Å²) in [5.41, 5.74) is 4.33. The van der Waals surface area contributed by atoms with Crippen LogP contribution >= 0.6 is 0 Å². The highest BCUT2D eigenvalue weighted by molar-refractivity contribution is 5.79. The number of ether oxygens (including phenoxy) is 2. The number of hydrogen-bond donors (Lipinski definition) is 0. The molecule has 3 aromatic heterocycles. The van der Waals surface area contributed by atoms with Crippen molar-refractivity contribution in [1.82, 2.24) is 24.1 Å². The summed E-state index contributed by atoms with van der Waals surface area (Å²) in [4.78, 5) is 22.3. The first kappa shape index (κ1) is 18.6. The van der Waals surface area contributed by atoms with Gasteiger partial charge in [-0.3, -0.25) is 9.36 Å². The van der Waals surface area contributed by atoms with Crippen molar-refractivity contribution in [3.05, 3.63) is 76.3 Å². The predicted octanol–water partition coefficient (Wildman–Crippen LogP) is 3.48. The van der Waals surface area contributed by atoms with E-state index in [2.05, 4.69) is 15.1 Å². The summed E-state index contributed by atoms with van der Waals surface area (Å²) in [6.45, 7) is 5.09. The third kappa shape index (κ3) is 2.76. The molecule has 5 aromatic rings. The van der Waals surface area contributed by atoms with Gasteiger partial charge in [-0.1, -0.05) is 12.1 Å². The van der Waals surface area contributed by atoms with Gasteiger partial charge in [-0.25, -0.2) is 4.98 Å². The van der Waals surface area contributed by atoms with Crippen LogP contribution in [0.1, 0.15) is 11.1 Å². The topological polar surface area (TPSA) is 83.5 Å². The number of hydrogen-bond acceptors (Lipinski definition) is 6. The SMILES string of the molecule is Cc1cccc(-n2ccc3c(cnc4nc(-c5ccc6c(c5)OCCO6)nn43)c2=O)c1C. The number of nitrogens with zero attached hydrogens (tertiary/aromatic N) is 5. The number of rotatable bonds is 2. The molecular weight excluding hydrogens is 406 g/mol. The van der Waals surface area contributed by atoms with Crippen molar-refractivity contribution < 1.29 is 9.47 Å². The van der Waals surface area contributed by atoms with Crippen LogP contribution in [-0.4, -0.2) is 37.4 Å². The number of pyridine rings is 1. The molecule has 6 rings (SSSR count). The Bertz CT molecular complexity index is 1580. The van der Waals surface area contributed by atoms with E-state index < -0.39 is 0 Å². The summed E-state index contributed by atoms with van der Waals surface area (Å²) in [7, 11) is 0. The lowest BCUT2D eigenvalue weighted by Gasteiger charge is -2.18. The molecule has 32 heavy (non-hydrogen) atoms. The van der Waals surface area contributed by atoms with Crippen molar-refractivity contribution in [3.63, 3.8) is 0 Å². The van der Waals surface area contributed by atoms with Crippen LogP contribution in [0.15, 0.2) is 59.7 Å². The van der Waals surface area contributed by atoms with Crippen LogP contribution < -0.4 is 15.0 Å². The maximum Gasteiger partial charge on any atom is 0.266 e. The highest BCUT2D eigenvalue weighted by atomic mass is 16.6. The van der Waals surface area contributed by atoms with E-state index in [1.54, 1.807) is 21.5 Å². The molecule has 0 unspecified atom stereocenters. The van der Waals surface area contributed by atoms with Crippen LogP contribution in [-0.2, 0) is 0 Å². The molecule has 0 saturated carbocycles. The monoisotopic (exact) mass is 425 g/mol. The van der Waals surface area contributed by atoms with E-state index in [9.17, 15) is 4.79 Å². The zero-order chi connectivity index (χ0) is 21.8. The smallest absolute Gasteiger partial charge is 0.266 e. The molecule has 0 N–H and O–H groups in total. The van der Waals surface area contributed by atoms with Gasteiger partial charge in [-0.15, -0.1) is 5.10 Å². The Morgan fingerprint density at radius 2 is 1.84 bits per heavy atom. The van der Waals surface area contributed by atoms with Gasteiger partial charge >= 0.3 is 0 Å². The molecule has 0 saturated heterocycles. The Hall–Kier alpha value is -4.20. The molecule has 4 heterocycles. The van der Waals surface area contributed by atoms with Crippen LogP contribution in [0.5, 0.6) is 11.5 Å². The van der Waals surface area contributed by atoms with E-state index in [1.165, 1.54) is 0 Å². The second-order valence-electron chi connectivity index (χ2n) is 7.77. The van der Waals surface area contributed by atoms with E-state index >= 15 is 0 Å². The lowest BCUT2D eigenvalue weighted by atomic mass is 10.1. The van der Waals surface area contributed by atoms with E-state index in [-0.39, 0.29) is 5.56 Å². The van der Waals surface area contributed by atoms with Gasteiger partial charge in [0.05, 0.1) is 16.6 Å². The van der Waals surface area contributed by atoms with Crippen LogP contribution in [0.4, 0.5) is 0 Å². The number of fused-ring (bicyclic) bond motifs is 4. The van der Waals surface area contributed by atoms with Crippen molar-refractivity contribution in [2.45, 2.75) is 13.8 Å². The molecule has 158 valence electrons. The molecule has 2 aromatic carbocycles. The molecule has 0 atom stereocenters. The van der Waals surface area contributed by atoms with Crippen LogP contribution in [0, 0.1) is 13.8 Å². The van der Waals surface area contributed by atoms with Gasteiger partial charge < -0.3 is 9.47 Å². The van der Waals surface area contributed by atoms with Crippen LogP contribution in [0.3, 0.4) is 0 Å². The fourth-order valence-electron chi connectivity index (χ4n) is 4.01. The molecule has 0 amide bonds. The quantitative estimate of drug-likeness (QED) is 0.431. The molecule has 0 radical (unpaired) electrons. The van der Waals surface area contributed by atoms with E-state index in [4.69, 9.17) is 9.47 Å². The van der Waals surface area contributed by atoms with Gasteiger partial charge in [0.2, 0.25) is 0 Å². The minimum absolute atomic E-state index is 0.151. The van der Waals surface area contributed by atoms with Crippen molar-refractivity contribution in [2.75, 3.05) is 13.2 Å². The zero-order valence-electron chi connectivity index (χ0n) is 17.6. The number of aryl methyl sites for hydroxylation is 1. The minimum Gasteiger partial charge on any atom is -0.486 e. The summed E-state index contributed by atoms with van der Waals surface area (Å²) < 4.78 is 14.5. The third-order valence-corrected chi connectivity index (χ3v) is 5.87. The Balaban J connectivity index is 1.51. The summed E-state index contributed by atoms with van der Waals surface area (Å²) >= 11 is 0. The molecule has 0 fully saturated rings. The standard InChI is InChI=1S/C24H19N5O3/c1-14-4-3-5-18(15(14)2)28-9-8-19-17(23(28)30)13-25-24-26-22(27-29(19)24)16-6-7-20-21(12-16)32-11-10-31-20/h3-9,12-13H,10-11H2,1-2H3. The highest BCUT2D eigenvalue weighted by Gasteiger charge is 2.17. The maximum atomic E-state index is 13.3. The average Bonchev–Trinajstić information content (AvgIpc) is 3.26. The number of benzene rings is 2. The lowest BCUT2D eigenvalue weighted by molar-refractivity contribution is 0.171. The fraction of sp³-hybridized carbons (Fsp3) is 0.167. The van der Waals surface area contributed by atoms with E-state index in [0.29, 0.717) is 47.2 Å². The Morgan fingerprint density at radius 1 is 1.00 bits per heavy atom. The summed E-state index contributed by atoms with van der Waals surface area (Å²) in [6.07, 6.45) is 3.34. The van der Waals surface area contributed by atoms with Crippen LogP contribution in [0.25, 0.3) is 33.8 Å². The van der Waals surface area contributed by atoms with E-state index in [0.717, 1.165) is 22.4 Å². The third-order valence-electron chi connectivity index (χ3n) is 5.87. The first-order chi connectivity index (χ1) is 15.6. The first-order valence-corrected chi connectivity index (χ1v) is 10.3. The van der Waals surface area contributed by atoms with Gasteiger partial charge in [0.25, 0.3) is 11.3 Å². The van der Waals surface area contributed by atoms with Crippen molar-refractivity contribution >= 4 is 16.7 Å². The van der Waals surface area contributed by atoms with Crippen molar-refractivity contribution in [2.24, 2.45) is 0 Å². The Morgan fingerprint density at radius 3 is 2.72 bits per heavy atom. The molecule has 1 aliphatic rings. The summed E-state index contributed by atoms with van der Waals surface area (Å²) in [6, 6.07) is 13.4. The highest BCUT2D eigenvalue weighted by Crippen LogP contribution is 2.33. The average molecular weight is 425 g/mol. The van der Waals surface area contributed by atoms with Crippen LogP contribution in [0.2, 0.25) is 0 Å². The molecule has 8 nitrogen and oxygen atoms in total. The largest absolute Gasteiger partial charge is 0.486 e.